The smallest absolute Gasteiger partial charge is 0.871 e. The van der Waals surface area contributed by atoms with Crippen molar-refractivity contribution in [3.8, 4) is 23.0 Å². The summed E-state index contributed by atoms with van der Waals surface area (Å²) in [5.41, 5.74) is 9.85. The van der Waals surface area contributed by atoms with Crippen molar-refractivity contribution >= 4 is 56.4 Å². The predicted molar refractivity (Wildman–Crippen MR) is 242 cm³/mol. The van der Waals surface area contributed by atoms with E-state index < -0.39 is 0 Å². The van der Waals surface area contributed by atoms with Crippen LogP contribution in [0.5, 0.6) is 23.0 Å². The SMILES string of the molecule is CN(C)C=O.CN(C)C=O.Cc1cc(C)c2cccnc2c1[O-].Cc1cc(C)c2cccnc2c1[O-].Cc1cc(C)c2cccnc2c1[O-].Cc1cc(C)c2cccnc2c1[O-].[Hf+4]. The van der Waals surface area contributed by atoms with E-state index in [1.165, 1.54) is 9.80 Å². The molecule has 0 saturated carbocycles. The van der Waals surface area contributed by atoms with Gasteiger partial charge < -0.3 is 30.2 Å². The average molecular weight is 1010 g/mol. The van der Waals surface area contributed by atoms with Crippen molar-refractivity contribution in [1.29, 1.82) is 0 Å². The molecule has 0 bridgehead atoms. The first kappa shape index (κ1) is 52.7. The predicted octanol–water partition coefficient (Wildman–Crippen LogP) is 7.11. The molecular formula is C50H54HfN6O6. The molecule has 0 unspecified atom stereocenters. The molecule has 0 atom stereocenters. The number of amides is 2. The Hall–Kier alpha value is -6.47. The minimum Gasteiger partial charge on any atom is -0.871 e. The molecule has 4 aromatic carbocycles. The molecular weight excluding hydrogens is 959 g/mol. The van der Waals surface area contributed by atoms with Crippen LogP contribution >= 0.6 is 0 Å². The van der Waals surface area contributed by atoms with Crippen LogP contribution in [0.3, 0.4) is 0 Å². The zero-order chi connectivity index (χ0) is 46.3. The number of rotatable bonds is 2. The van der Waals surface area contributed by atoms with E-state index in [9.17, 15) is 30.0 Å². The fraction of sp³-hybridized carbons (Fsp3) is 0.240. The summed E-state index contributed by atoms with van der Waals surface area (Å²) in [6.45, 7) is 15.3. The molecule has 0 aliphatic carbocycles. The molecule has 4 heterocycles. The van der Waals surface area contributed by atoms with Crippen molar-refractivity contribution in [2.45, 2.75) is 55.4 Å². The van der Waals surface area contributed by atoms with E-state index in [4.69, 9.17) is 0 Å². The number of benzene rings is 4. The fourth-order valence-corrected chi connectivity index (χ4v) is 6.24. The number of aromatic nitrogens is 4. The Morgan fingerprint density at radius 3 is 0.714 bits per heavy atom. The Kier molecular flexibility index (Phi) is 20.8. The molecule has 63 heavy (non-hydrogen) atoms. The third-order valence-corrected chi connectivity index (χ3v) is 9.38. The average Bonchev–Trinajstić information content (AvgIpc) is 3.27. The Morgan fingerprint density at radius 1 is 0.381 bits per heavy atom. The number of carbonyl (C=O) groups is 2. The van der Waals surface area contributed by atoms with Crippen molar-refractivity contribution < 1.29 is 55.9 Å². The van der Waals surface area contributed by atoms with E-state index in [0.29, 0.717) is 22.1 Å². The first-order valence-electron chi connectivity index (χ1n) is 19.7. The minimum atomic E-state index is 0. The fourth-order valence-electron chi connectivity index (χ4n) is 6.24. The number of aryl methyl sites for hydroxylation is 8. The Bertz CT molecular complexity index is 2430. The second-order valence-electron chi connectivity index (χ2n) is 15.1. The van der Waals surface area contributed by atoms with Gasteiger partial charge in [-0.25, -0.2) is 0 Å². The van der Waals surface area contributed by atoms with Gasteiger partial charge in [-0.15, -0.1) is 0 Å². The van der Waals surface area contributed by atoms with Gasteiger partial charge in [0.1, 0.15) is 0 Å². The van der Waals surface area contributed by atoms with Crippen LogP contribution in [0.25, 0.3) is 43.6 Å². The van der Waals surface area contributed by atoms with Gasteiger partial charge >= 0.3 is 25.8 Å². The second kappa shape index (κ2) is 24.8. The van der Waals surface area contributed by atoms with Crippen LogP contribution in [0.4, 0.5) is 0 Å². The molecule has 2 amide bonds. The molecule has 8 rings (SSSR count). The number of nitrogens with zero attached hydrogens (tertiary/aromatic N) is 6. The Balaban J connectivity index is 0.000000268. The molecule has 0 radical (unpaired) electrons. The van der Waals surface area contributed by atoms with E-state index in [-0.39, 0.29) is 48.8 Å². The molecule has 0 saturated heterocycles. The quantitative estimate of drug-likeness (QED) is 0.128. The number of carbonyl (C=O) groups excluding carboxylic acids is 2. The van der Waals surface area contributed by atoms with Gasteiger partial charge in [-0.1, -0.05) is 93.8 Å². The first-order chi connectivity index (χ1) is 29.3. The number of fused-ring (bicyclic) bond motifs is 4. The first-order valence-corrected chi connectivity index (χ1v) is 19.7. The molecule has 0 fully saturated rings. The van der Waals surface area contributed by atoms with Crippen LogP contribution < -0.4 is 20.4 Å². The van der Waals surface area contributed by atoms with E-state index in [2.05, 4.69) is 19.9 Å². The summed E-state index contributed by atoms with van der Waals surface area (Å²) < 4.78 is 0. The van der Waals surface area contributed by atoms with Crippen molar-refractivity contribution in [3.63, 3.8) is 0 Å². The number of pyridine rings is 4. The summed E-state index contributed by atoms with van der Waals surface area (Å²) in [6.07, 6.45) is 8.12. The van der Waals surface area contributed by atoms with E-state index >= 15 is 0 Å². The van der Waals surface area contributed by atoms with Crippen LogP contribution in [0, 0.1) is 55.4 Å². The minimum absolute atomic E-state index is 0. The van der Waals surface area contributed by atoms with E-state index in [1.807, 2.05) is 128 Å². The van der Waals surface area contributed by atoms with Gasteiger partial charge in [-0.2, -0.15) is 0 Å². The van der Waals surface area contributed by atoms with Gasteiger partial charge in [0.25, 0.3) is 0 Å². The number of hydrogen-bond acceptors (Lipinski definition) is 10. The summed E-state index contributed by atoms with van der Waals surface area (Å²) in [4.78, 5) is 38.1. The molecule has 0 N–H and O–H groups in total. The van der Waals surface area contributed by atoms with Crippen molar-refractivity contribution in [2.24, 2.45) is 0 Å². The molecule has 4 aromatic heterocycles. The van der Waals surface area contributed by atoms with Crippen LogP contribution in [0.1, 0.15) is 44.5 Å². The monoisotopic (exact) mass is 1010 g/mol. The van der Waals surface area contributed by atoms with E-state index in [1.54, 1.807) is 53.0 Å². The zero-order valence-electron chi connectivity index (χ0n) is 38.0. The van der Waals surface area contributed by atoms with Crippen molar-refractivity contribution in [1.82, 2.24) is 29.7 Å². The summed E-state index contributed by atoms with van der Waals surface area (Å²) in [6, 6.07) is 22.8. The largest absolute Gasteiger partial charge is 4.00 e. The van der Waals surface area contributed by atoms with Crippen LogP contribution in [-0.2, 0) is 35.4 Å². The summed E-state index contributed by atoms with van der Waals surface area (Å²) in [5.74, 6) is 0.171. The molecule has 324 valence electrons. The maximum atomic E-state index is 11.6. The molecule has 8 aromatic rings. The molecule has 0 aliphatic rings. The van der Waals surface area contributed by atoms with Gasteiger partial charge in [0.05, 0.1) is 22.1 Å². The number of hydrogen-bond donors (Lipinski definition) is 0. The van der Waals surface area contributed by atoms with Crippen LogP contribution in [0.15, 0.2) is 97.6 Å². The second-order valence-corrected chi connectivity index (χ2v) is 15.1. The van der Waals surface area contributed by atoms with Gasteiger partial charge in [0, 0.05) is 74.5 Å². The summed E-state index contributed by atoms with van der Waals surface area (Å²) in [7, 11) is 6.75. The van der Waals surface area contributed by atoms with Gasteiger partial charge in [0.2, 0.25) is 12.8 Å². The normalized spacial score (nSPS) is 9.84. The van der Waals surface area contributed by atoms with E-state index in [0.717, 1.165) is 78.9 Å². The summed E-state index contributed by atoms with van der Waals surface area (Å²) >= 11 is 0. The maximum absolute atomic E-state index is 11.6. The van der Waals surface area contributed by atoms with Crippen molar-refractivity contribution in [2.75, 3.05) is 28.2 Å². The Morgan fingerprint density at radius 2 is 0.556 bits per heavy atom. The molecule has 0 aliphatic heterocycles. The zero-order valence-corrected chi connectivity index (χ0v) is 41.6. The van der Waals surface area contributed by atoms with Gasteiger partial charge in [0.15, 0.2) is 0 Å². The molecule has 0 spiro atoms. The molecule has 12 nitrogen and oxygen atoms in total. The van der Waals surface area contributed by atoms with Crippen molar-refractivity contribution in [3.05, 3.63) is 142 Å². The van der Waals surface area contributed by atoms with Crippen LogP contribution in [-0.4, -0.2) is 70.7 Å². The topological polar surface area (TPSA) is 184 Å². The molecule has 13 heteroatoms. The van der Waals surface area contributed by atoms with Gasteiger partial charge in [-0.3, -0.25) is 29.5 Å². The Labute approximate surface area is 388 Å². The maximum Gasteiger partial charge on any atom is 4.00 e. The third kappa shape index (κ3) is 14.3. The van der Waals surface area contributed by atoms with Crippen LogP contribution in [0.2, 0.25) is 0 Å². The summed E-state index contributed by atoms with van der Waals surface area (Å²) in [5, 5.41) is 50.3. The van der Waals surface area contributed by atoms with Gasteiger partial charge in [-0.05, 0) is 102 Å². The third-order valence-electron chi connectivity index (χ3n) is 9.38. The standard InChI is InChI=1S/4C11H11NO.2C3H7NO.Hf/c4*1-7-6-8(2)11(13)10-9(7)4-3-5-12-10;2*1-4(2)3-5;/h4*3-6,13H,1-2H3;2*3H,1-2H3;/q;;;;;;+4/p-4.